The van der Waals surface area contributed by atoms with Crippen LogP contribution in [0.5, 0.6) is 0 Å². The Hall–Kier alpha value is -1.01. The van der Waals surface area contributed by atoms with E-state index >= 15 is 0 Å². The monoisotopic (exact) mass is 373 g/mol. The zero-order chi connectivity index (χ0) is 17.7. The molecule has 2 N–H and O–H groups in total. The second-order valence-electron chi connectivity index (χ2n) is 6.63. The van der Waals surface area contributed by atoms with E-state index in [0.717, 1.165) is 31.9 Å². The van der Waals surface area contributed by atoms with Gasteiger partial charge in [0.2, 0.25) is 0 Å². The number of amides is 2. The zero-order valence-electron chi connectivity index (χ0n) is 14.4. The molecular formula is C17H25Cl2N3O2. The second-order valence-corrected chi connectivity index (χ2v) is 7.45. The lowest BCUT2D eigenvalue weighted by atomic mass is 10.0. The lowest BCUT2D eigenvalue weighted by Crippen LogP contribution is -2.56. The number of morpholine rings is 1. The maximum atomic E-state index is 12.2. The Kier molecular flexibility index (Phi) is 6.75. The molecule has 1 fully saturated rings. The Labute approximate surface area is 153 Å². The number of nitrogens with zero attached hydrogens (tertiary/aromatic N) is 1. The molecule has 5 nitrogen and oxygen atoms in total. The lowest BCUT2D eigenvalue weighted by Gasteiger charge is -2.40. The fourth-order valence-corrected chi connectivity index (χ4v) is 3.00. The van der Waals surface area contributed by atoms with Crippen molar-refractivity contribution in [3.05, 3.63) is 33.8 Å². The van der Waals surface area contributed by atoms with Crippen LogP contribution >= 0.6 is 23.2 Å². The van der Waals surface area contributed by atoms with Crippen LogP contribution in [0.1, 0.15) is 32.4 Å². The first-order valence-corrected chi connectivity index (χ1v) is 8.87. The van der Waals surface area contributed by atoms with E-state index in [4.69, 9.17) is 27.9 Å². The molecule has 1 aromatic rings. The number of ether oxygens (including phenoxy) is 1. The summed E-state index contributed by atoms with van der Waals surface area (Å²) in [6, 6.07) is 5.00. The van der Waals surface area contributed by atoms with E-state index in [-0.39, 0.29) is 17.6 Å². The first-order valence-electron chi connectivity index (χ1n) is 8.12. The van der Waals surface area contributed by atoms with E-state index in [1.54, 1.807) is 12.1 Å². The highest BCUT2D eigenvalue weighted by Gasteiger charge is 2.28. The lowest BCUT2D eigenvalue weighted by molar-refractivity contribution is -0.00876. The third-order valence-electron chi connectivity index (χ3n) is 4.34. The standard InChI is InChI=1S/C17H25Cl2N3O2/c1-12(13-4-5-14(18)15(19)10-13)21-16(23)20-11-17(2,3)22-6-8-24-9-7-22/h4-5,10,12H,6-9,11H2,1-3H3,(H2,20,21,23). The fourth-order valence-electron chi connectivity index (χ4n) is 2.69. The van der Waals surface area contributed by atoms with Gasteiger partial charge in [-0.3, -0.25) is 4.90 Å². The predicted octanol–water partition coefficient (Wildman–Crippen LogP) is 3.46. The van der Waals surface area contributed by atoms with E-state index in [1.807, 2.05) is 13.0 Å². The number of hydrogen-bond donors (Lipinski definition) is 2. The molecule has 1 atom stereocenters. The van der Waals surface area contributed by atoms with Crippen LogP contribution < -0.4 is 10.6 Å². The van der Waals surface area contributed by atoms with Gasteiger partial charge in [0.1, 0.15) is 0 Å². The average Bonchev–Trinajstić information content (AvgIpc) is 2.56. The summed E-state index contributed by atoms with van der Waals surface area (Å²) >= 11 is 11.9. The molecule has 134 valence electrons. The second kappa shape index (κ2) is 8.39. The maximum absolute atomic E-state index is 12.2. The molecule has 0 bridgehead atoms. The predicted molar refractivity (Wildman–Crippen MR) is 97.9 cm³/mol. The summed E-state index contributed by atoms with van der Waals surface area (Å²) in [5.41, 5.74) is 0.792. The number of carbonyl (C=O) groups excluding carboxylic acids is 1. The molecule has 1 aliphatic rings. The van der Waals surface area contributed by atoms with Gasteiger partial charge in [0, 0.05) is 25.2 Å². The molecule has 1 aromatic carbocycles. The van der Waals surface area contributed by atoms with E-state index in [2.05, 4.69) is 29.4 Å². The first kappa shape index (κ1) is 19.3. The number of nitrogens with one attached hydrogen (secondary N) is 2. The molecule has 0 radical (unpaired) electrons. The first-order chi connectivity index (χ1) is 11.3. The van der Waals surface area contributed by atoms with Gasteiger partial charge >= 0.3 is 6.03 Å². The van der Waals surface area contributed by atoms with Gasteiger partial charge in [-0.05, 0) is 38.5 Å². The van der Waals surface area contributed by atoms with E-state index < -0.39 is 0 Å². The highest BCUT2D eigenvalue weighted by atomic mass is 35.5. The topological polar surface area (TPSA) is 53.6 Å². The van der Waals surface area contributed by atoms with Crippen LogP contribution in [0.15, 0.2) is 18.2 Å². The van der Waals surface area contributed by atoms with E-state index in [0.29, 0.717) is 16.6 Å². The van der Waals surface area contributed by atoms with Crippen molar-refractivity contribution in [2.24, 2.45) is 0 Å². The third-order valence-corrected chi connectivity index (χ3v) is 5.08. The molecule has 1 aliphatic heterocycles. The van der Waals surface area contributed by atoms with Crippen molar-refractivity contribution in [3.63, 3.8) is 0 Å². The van der Waals surface area contributed by atoms with Crippen molar-refractivity contribution in [2.45, 2.75) is 32.4 Å². The van der Waals surface area contributed by atoms with E-state index in [1.165, 1.54) is 0 Å². The van der Waals surface area contributed by atoms with Crippen LogP contribution in [0.2, 0.25) is 10.0 Å². The third kappa shape index (κ3) is 5.24. The van der Waals surface area contributed by atoms with Crippen molar-refractivity contribution >= 4 is 29.2 Å². The largest absolute Gasteiger partial charge is 0.379 e. The number of halogens is 2. The fraction of sp³-hybridized carbons (Fsp3) is 0.588. The van der Waals surface area contributed by atoms with Gasteiger partial charge in [0.05, 0.1) is 29.3 Å². The van der Waals surface area contributed by atoms with Crippen LogP contribution in [0.4, 0.5) is 4.79 Å². The summed E-state index contributed by atoms with van der Waals surface area (Å²) in [5, 5.41) is 6.87. The van der Waals surface area contributed by atoms with Crippen molar-refractivity contribution in [3.8, 4) is 0 Å². The summed E-state index contributed by atoms with van der Waals surface area (Å²) in [7, 11) is 0. The molecule has 0 aromatic heterocycles. The van der Waals surface area contributed by atoms with Crippen LogP contribution in [0, 0.1) is 0 Å². The number of benzene rings is 1. The zero-order valence-corrected chi connectivity index (χ0v) is 15.9. The minimum absolute atomic E-state index is 0.117. The molecule has 7 heteroatoms. The van der Waals surface area contributed by atoms with Crippen LogP contribution in [0.3, 0.4) is 0 Å². The number of hydrogen-bond acceptors (Lipinski definition) is 3. The molecule has 0 spiro atoms. The highest BCUT2D eigenvalue weighted by Crippen LogP contribution is 2.25. The molecule has 1 heterocycles. The smallest absolute Gasteiger partial charge is 0.315 e. The molecule has 1 unspecified atom stereocenters. The maximum Gasteiger partial charge on any atom is 0.315 e. The average molecular weight is 374 g/mol. The molecule has 0 aliphatic carbocycles. The van der Waals surface area contributed by atoms with Gasteiger partial charge in [-0.2, -0.15) is 0 Å². The number of urea groups is 1. The summed E-state index contributed by atoms with van der Waals surface area (Å²) in [6.45, 7) is 9.97. The van der Waals surface area contributed by atoms with E-state index in [9.17, 15) is 4.79 Å². The molecule has 2 rings (SSSR count). The molecule has 24 heavy (non-hydrogen) atoms. The summed E-state index contributed by atoms with van der Waals surface area (Å²) in [5.74, 6) is 0. The Bertz CT molecular complexity index is 575. The Morgan fingerprint density at radius 2 is 1.96 bits per heavy atom. The SMILES string of the molecule is CC(NC(=O)NCC(C)(C)N1CCOCC1)c1ccc(Cl)c(Cl)c1. The van der Waals surface area contributed by atoms with Gasteiger partial charge < -0.3 is 15.4 Å². The summed E-state index contributed by atoms with van der Waals surface area (Å²) in [4.78, 5) is 14.5. The van der Waals surface area contributed by atoms with Crippen molar-refractivity contribution in [1.29, 1.82) is 0 Å². The Morgan fingerprint density at radius 3 is 2.58 bits per heavy atom. The quantitative estimate of drug-likeness (QED) is 0.830. The van der Waals surface area contributed by atoms with Gasteiger partial charge in [0.25, 0.3) is 0 Å². The molecular weight excluding hydrogens is 349 g/mol. The van der Waals surface area contributed by atoms with Crippen LogP contribution in [-0.2, 0) is 4.74 Å². The van der Waals surface area contributed by atoms with Crippen LogP contribution in [0.25, 0.3) is 0 Å². The summed E-state index contributed by atoms with van der Waals surface area (Å²) < 4.78 is 5.38. The van der Waals surface area contributed by atoms with Crippen LogP contribution in [-0.4, -0.2) is 49.3 Å². The number of carbonyl (C=O) groups is 1. The Morgan fingerprint density at radius 1 is 1.29 bits per heavy atom. The normalized spacial score (nSPS) is 17.4. The highest BCUT2D eigenvalue weighted by molar-refractivity contribution is 6.42. The number of rotatable bonds is 5. The van der Waals surface area contributed by atoms with Gasteiger partial charge in [0.15, 0.2) is 0 Å². The minimum atomic E-state index is -0.199. The molecule has 2 amide bonds. The Balaban J connectivity index is 1.84. The van der Waals surface area contributed by atoms with Gasteiger partial charge in [-0.15, -0.1) is 0 Å². The minimum Gasteiger partial charge on any atom is -0.379 e. The van der Waals surface area contributed by atoms with Crippen molar-refractivity contribution < 1.29 is 9.53 Å². The summed E-state index contributed by atoms with van der Waals surface area (Å²) in [6.07, 6.45) is 0. The van der Waals surface area contributed by atoms with Crippen molar-refractivity contribution in [2.75, 3.05) is 32.8 Å². The van der Waals surface area contributed by atoms with Gasteiger partial charge in [-0.1, -0.05) is 29.3 Å². The molecule has 0 saturated carbocycles. The van der Waals surface area contributed by atoms with Gasteiger partial charge in [-0.25, -0.2) is 4.79 Å². The molecule has 1 saturated heterocycles. The van der Waals surface area contributed by atoms with Crippen molar-refractivity contribution in [1.82, 2.24) is 15.5 Å².